The van der Waals surface area contributed by atoms with Crippen molar-refractivity contribution in [2.75, 3.05) is 0 Å². The summed E-state index contributed by atoms with van der Waals surface area (Å²) in [5.74, 6) is 2.48. The minimum absolute atomic E-state index is 0.0461. The van der Waals surface area contributed by atoms with Gasteiger partial charge >= 0.3 is 0 Å². The molecule has 0 aliphatic carbocycles. The first-order valence-electron chi connectivity index (χ1n) is 10.1. The van der Waals surface area contributed by atoms with E-state index in [-0.39, 0.29) is 16.8 Å². The van der Waals surface area contributed by atoms with E-state index in [9.17, 15) is 10.1 Å². The number of aryl methyl sites for hydroxylation is 2. The lowest BCUT2D eigenvalue weighted by Crippen LogP contribution is -2.32. The van der Waals surface area contributed by atoms with E-state index >= 15 is 0 Å². The molecule has 2 aromatic heterocycles. The highest BCUT2D eigenvalue weighted by Gasteiger charge is 2.31. The molecular weight excluding hydrogens is 408 g/mol. The Morgan fingerprint density at radius 1 is 1.16 bits per heavy atom. The van der Waals surface area contributed by atoms with Gasteiger partial charge in [-0.2, -0.15) is 0 Å². The molecule has 2 aliphatic heterocycles. The van der Waals surface area contributed by atoms with E-state index in [4.69, 9.17) is 8.83 Å². The van der Waals surface area contributed by atoms with Gasteiger partial charge < -0.3 is 19.1 Å². The second-order valence-electron chi connectivity index (χ2n) is 7.57. The Kier molecular flexibility index (Phi) is 4.74. The molecule has 0 bridgehead atoms. The van der Waals surface area contributed by atoms with Crippen LogP contribution in [0.2, 0.25) is 0 Å². The normalized spacial score (nSPS) is 17.3. The third-order valence-corrected chi connectivity index (χ3v) is 5.42. The van der Waals surface area contributed by atoms with Gasteiger partial charge in [0.25, 0.3) is 5.69 Å². The number of nitro groups is 1. The molecule has 0 amide bonds. The molecule has 160 valence electrons. The fourth-order valence-electron chi connectivity index (χ4n) is 3.89. The molecule has 1 unspecified atom stereocenters. The standard InChI is InChI=1S/C24H20N4O4/c1-15-12-16(2)19(28(29)30)13-18(15)20-9-8-17(32-20)14-25-24-23(21-6-5-11-31-21)26-22-7-3-4-10-27(22)24/h3-14,22,26H,1-2H3. The number of nitrogens with one attached hydrogen (secondary N) is 1. The number of nitro benzene ring substituents is 1. The molecule has 3 aromatic rings. The van der Waals surface area contributed by atoms with E-state index < -0.39 is 0 Å². The Balaban J connectivity index is 1.48. The maximum absolute atomic E-state index is 11.3. The van der Waals surface area contributed by atoms with Crippen LogP contribution in [0.3, 0.4) is 0 Å². The minimum Gasteiger partial charge on any atom is -0.463 e. The second-order valence-corrected chi connectivity index (χ2v) is 7.57. The third kappa shape index (κ3) is 3.41. The number of rotatable bonds is 5. The quantitative estimate of drug-likeness (QED) is 0.344. The first kappa shape index (κ1) is 19.6. The number of hydrogen-bond acceptors (Lipinski definition) is 7. The van der Waals surface area contributed by atoms with Gasteiger partial charge in [0.05, 0.1) is 17.4 Å². The van der Waals surface area contributed by atoms with E-state index in [2.05, 4.69) is 10.3 Å². The lowest BCUT2D eigenvalue weighted by Gasteiger charge is -2.22. The van der Waals surface area contributed by atoms with Crippen molar-refractivity contribution in [1.82, 2.24) is 10.2 Å². The summed E-state index contributed by atoms with van der Waals surface area (Å²) in [5.41, 5.74) is 3.06. The van der Waals surface area contributed by atoms with Crippen molar-refractivity contribution < 1.29 is 13.8 Å². The molecule has 1 N–H and O–H groups in total. The molecule has 8 heteroatoms. The Bertz CT molecular complexity index is 1310. The Labute approximate surface area is 184 Å². The molecule has 0 spiro atoms. The lowest BCUT2D eigenvalue weighted by molar-refractivity contribution is -0.385. The highest BCUT2D eigenvalue weighted by atomic mass is 16.6. The molecule has 1 aromatic carbocycles. The maximum atomic E-state index is 11.3. The molecule has 4 heterocycles. The smallest absolute Gasteiger partial charge is 0.273 e. The van der Waals surface area contributed by atoms with Crippen LogP contribution in [0.5, 0.6) is 0 Å². The number of aliphatic imine (C=N–C) groups is 1. The molecule has 8 nitrogen and oxygen atoms in total. The van der Waals surface area contributed by atoms with Crippen LogP contribution in [0, 0.1) is 24.0 Å². The summed E-state index contributed by atoms with van der Waals surface area (Å²) in [6.07, 6.45) is 11.1. The number of nitrogens with zero attached hydrogens (tertiary/aromatic N) is 3. The zero-order valence-corrected chi connectivity index (χ0v) is 17.5. The number of furan rings is 2. The summed E-state index contributed by atoms with van der Waals surface area (Å²) < 4.78 is 11.5. The van der Waals surface area contributed by atoms with Crippen LogP contribution in [-0.4, -0.2) is 22.2 Å². The van der Waals surface area contributed by atoms with Crippen LogP contribution >= 0.6 is 0 Å². The lowest BCUT2D eigenvalue weighted by atomic mass is 10.0. The van der Waals surface area contributed by atoms with Gasteiger partial charge in [0.15, 0.2) is 11.6 Å². The van der Waals surface area contributed by atoms with Crippen molar-refractivity contribution in [3.05, 3.63) is 106 Å². The van der Waals surface area contributed by atoms with Crippen LogP contribution in [0.25, 0.3) is 17.0 Å². The fraction of sp³-hybridized carbons (Fsp3) is 0.125. The van der Waals surface area contributed by atoms with Gasteiger partial charge in [0, 0.05) is 23.4 Å². The van der Waals surface area contributed by atoms with Crippen molar-refractivity contribution in [2.45, 2.75) is 20.0 Å². The molecule has 32 heavy (non-hydrogen) atoms. The highest BCUT2D eigenvalue weighted by Crippen LogP contribution is 2.33. The zero-order valence-electron chi connectivity index (χ0n) is 17.5. The van der Waals surface area contributed by atoms with Gasteiger partial charge in [0.2, 0.25) is 0 Å². The number of hydrogen-bond donors (Lipinski definition) is 1. The Morgan fingerprint density at radius 3 is 2.81 bits per heavy atom. The molecule has 0 saturated carbocycles. The summed E-state index contributed by atoms with van der Waals surface area (Å²) in [6.45, 7) is 3.63. The average molecular weight is 428 g/mol. The Morgan fingerprint density at radius 2 is 2.03 bits per heavy atom. The number of benzene rings is 1. The predicted octanol–water partition coefficient (Wildman–Crippen LogP) is 5.12. The fourth-order valence-corrected chi connectivity index (χ4v) is 3.89. The van der Waals surface area contributed by atoms with E-state index in [1.807, 2.05) is 48.4 Å². The zero-order chi connectivity index (χ0) is 22.2. The van der Waals surface area contributed by atoms with Crippen LogP contribution < -0.4 is 5.32 Å². The number of fused-ring (bicyclic) bond motifs is 1. The monoisotopic (exact) mass is 428 g/mol. The maximum Gasteiger partial charge on any atom is 0.273 e. The van der Waals surface area contributed by atoms with Crippen LogP contribution in [0.4, 0.5) is 5.69 Å². The predicted molar refractivity (Wildman–Crippen MR) is 121 cm³/mol. The van der Waals surface area contributed by atoms with Gasteiger partial charge in [-0.25, -0.2) is 4.99 Å². The first-order chi connectivity index (χ1) is 15.5. The van der Waals surface area contributed by atoms with E-state index in [1.54, 1.807) is 43.7 Å². The van der Waals surface area contributed by atoms with Crippen LogP contribution in [0.1, 0.15) is 22.6 Å². The van der Waals surface area contributed by atoms with Crippen LogP contribution in [-0.2, 0) is 0 Å². The van der Waals surface area contributed by atoms with Crippen molar-refractivity contribution in [3.63, 3.8) is 0 Å². The summed E-state index contributed by atoms with van der Waals surface area (Å²) in [7, 11) is 0. The summed E-state index contributed by atoms with van der Waals surface area (Å²) in [6, 6.07) is 10.6. The molecule has 5 rings (SSSR count). The van der Waals surface area contributed by atoms with Gasteiger partial charge in [-0.1, -0.05) is 6.08 Å². The first-order valence-corrected chi connectivity index (χ1v) is 10.1. The number of allylic oxidation sites excluding steroid dienone is 2. The molecule has 1 atom stereocenters. The molecule has 2 aliphatic rings. The van der Waals surface area contributed by atoms with E-state index in [0.717, 1.165) is 11.3 Å². The van der Waals surface area contributed by atoms with E-state index in [1.165, 1.54) is 0 Å². The Hall–Kier alpha value is -4.33. The largest absolute Gasteiger partial charge is 0.463 e. The van der Waals surface area contributed by atoms with Crippen LogP contribution in [0.15, 0.2) is 86.7 Å². The third-order valence-electron chi connectivity index (χ3n) is 5.42. The summed E-state index contributed by atoms with van der Waals surface area (Å²) in [5, 5.41) is 14.7. The van der Waals surface area contributed by atoms with Crippen molar-refractivity contribution in [3.8, 4) is 11.3 Å². The molecule has 0 radical (unpaired) electrons. The highest BCUT2D eigenvalue weighted by molar-refractivity contribution is 5.80. The molecule has 0 fully saturated rings. The van der Waals surface area contributed by atoms with Gasteiger partial charge in [-0.3, -0.25) is 10.1 Å². The topological polar surface area (TPSA) is 97.0 Å². The SMILES string of the molecule is Cc1cc(C)c([N+](=O)[O-])cc1-c1ccc(C=NC2=C(c3ccco3)NC3C=CC=CN23)o1. The minimum atomic E-state index is -0.379. The van der Waals surface area contributed by atoms with Crippen molar-refractivity contribution >= 4 is 17.6 Å². The average Bonchev–Trinajstić information content (AvgIpc) is 3.51. The van der Waals surface area contributed by atoms with Crippen molar-refractivity contribution in [1.29, 1.82) is 0 Å². The summed E-state index contributed by atoms with van der Waals surface area (Å²) in [4.78, 5) is 17.6. The molecule has 0 saturated heterocycles. The summed E-state index contributed by atoms with van der Waals surface area (Å²) >= 11 is 0. The molecular formula is C24H20N4O4. The van der Waals surface area contributed by atoms with E-state index in [0.29, 0.717) is 34.2 Å². The van der Waals surface area contributed by atoms with Crippen molar-refractivity contribution in [2.24, 2.45) is 4.99 Å². The van der Waals surface area contributed by atoms with Gasteiger partial charge in [-0.05, 0) is 61.9 Å². The van der Waals surface area contributed by atoms with Gasteiger partial charge in [0.1, 0.15) is 23.4 Å². The second kappa shape index (κ2) is 7.73. The van der Waals surface area contributed by atoms with Gasteiger partial charge in [-0.15, -0.1) is 0 Å².